The maximum absolute atomic E-state index is 13.7. The number of amides is 1. The second-order valence-electron chi connectivity index (χ2n) is 5.14. The van der Waals surface area contributed by atoms with Crippen LogP contribution in [0.15, 0.2) is 42.5 Å². The molecular formula is C17H19F2N2O2+. The highest BCUT2D eigenvalue weighted by molar-refractivity contribution is 5.92. The molecule has 0 radical (unpaired) electrons. The Balaban J connectivity index is 1.93. The number of hydrogen-bond donors (Lipinski definition) is 2. The number of halogens is 2. The van der Waals surface area contributed by atoms with Crippen molar-refractivity contribution in [3.8, 4) is 5.75 Å². The fraction of sp³-hybridized carbons (Fsp3) is 0.235. The number of benzene rings is 2. The van der Waals surface area contributed by atoms with E-state index in [9.17, 15) is 13.6 Å². The summed E-state index contributed by atoms with van der Waals surface area (Å²) in [6, 6.07) is 10.2. The number of para-hydroxylation sites is 2. The van der Waals surface area contributed by atoms with Crippen LogP contribution in [-0.2, 0) is 4.79 Å². The number of methoxy groups -OCH3 is 1. The minimum absolute atomic E-state index is 0.107. The number of anilines is 1. The van der Waals surface area contributed by atoms with Crippen LogP contribution >= 0.6 is 0 Å². The molecule has 2 aromatic carbocycles. The van der Waals surface area contributed by atoms with Crippen LogP contribution in [0.25, 0.3) is 0 Å². The van der Waals surface area contributed by atoms with E-state index in [0.717, 1.165) is 6.07 Å². The average molecular weight is 321 g/mol. The first-order valence-electron chi connectivity index (χ1n) is 7.22. The van der Waals surface area contributed by atoms with Crippen LogP contribution in [0.1, 0.15) is 18.5 Å². The van der Waals surface area contributed by atoms with Crippen LogP contribution < -0.4 is 15.4 Å². The summed E-state index contributed by atoms with van der Waals surface area (Å²) >= 11 is 0. The Morgan fingerprint density at radius 1 is 1.26 bits per heavy atom. The molecule has 2 aromatic rings. The van der Waals surface area contributed by atoms with Gasteiger partial charge in [0, 0.05) is 11.6 Å². The monoisotopic (exact) mass is 321 g/mol. The fourth-order valence-corrected chi connectivity index (χ4v) is 2.23. The Kier molecular flexibility index (Phi) is 5.65. The Morgan fingerprint density at radius 2 is 2.00 bits per heavy atom. The maximum atomic E-state index is 13.7. The Hall–Kier alpha value is -2.47. The molecule has 0 unspecified atom stereocenters. The van der Waals surface area contributed by atoms with Crippen LogP contribution in [-0.4, -0.2) is 19.6 Å². The molecule has 0 heterocycles. The number of nitrogens with one attached hydrogen (secondary N) is 1. The summed E-state index contributed by atoms with van der Waals surface area (Å²) in [4.78, 5) is 12.0. The predicted molar refractivity (Wildman–Crippen MR) is 83.2 cm³/mol. The first kappa shape index (κ1) is 16.9. The second-order valence-corrected chi connectivity index (χ2v) is 5.14. The Labute approximate surface area is 133 Å². The number of carbonyl (C=O) groups excluding carboxylic acids is 1. The molecule has 23 heavy (non-hydrogen) atoms. The molecule has 0 spiro atoms. The Bertz CT molecular complexity index is 692. The summed E-state index contributed by atoms with van der Waals surface area (Å²) in [5.41, 5.74) is 0.936. The molecule has 1 atom stereocenters. The molecule has 2 rings (SSSR count). The molecule has 0 aliphatic carbocycles. The molecule has 1 amide bonds. The van der Waals surface area contributed by atoms with Gasteiger partial charge in [-0.3, -0.25) is 4.79 Å². The highest BCUT2D eigenvalue weighted by Crippen LogP contribution is 2.22. The van der Waals surface area contributed by atoms with Crippen molar-refractivity contribution in [3.05, 3.63) is 59.7 Å². The summed E-state index contributed by atoms with van der Waals surface area (Å²) in [5, 5.41) is 4.42. The van der Waals surface area contributed by atoms with Gasteiger partial charge in [-0.1, -0.05) is 12.1 Å². The van der Waals surface area contributed by atoms with Gasteiger partial charge in [0.15, 0.2) is 6.54 Å². The first-order chi connectivity index (χ1) is 11.0. The minimum atomic E-state index is -0.618. The van der Waals surface area contributed by atoms with E-state index in [4.69, 9.17) is 4.74 Å². The van der Waals surface area contributed by atoms with Crippen LogP contribution in [0.3, 0.4) is 0 Å². The van der Waals surface area contributed by atoms with Crippen molar-refractivity contribution in [2.45, 2.75) is 13.0 Å². The fourth-order valence-electron chi connectivity index (χ4n) is 2.23. The molecule has 0 bridgehead atoms. The van der Waals surface area contributed by atoms with E-state index in [1.807, 2.05) is 0 Å². The van der Waals surface area contributed by atoms with Gasteiger partial charge in [-0.15, -0.1) is 0 Å². The van der Waals surface area contributed by atoms with Crippen molar-refractivity contribution in [1.82, 2.24) is 0 Å². The molecule has 0 saturated carbocycles. The zero-order chi connectivity index (χ0) is 16.8. The van der Waals surface area contributed by atoms with E-state index in [1.165, 1.54) is 19.2 Å². The number of hydrogen-bond acceptors (Lipinski definition) is 2. The van der Waals surface area contributed by atoms with Gasteiger partial charge in [-0.25, -0.2) is 8.78 Å². The number of ether oxygens (including phenoxy) is 1. The van der Waals surface area contributed by atoms with E-state index in [-0.39, 0.29) is 18.5 Å². The summed E-state index contributed by atoms with van der Waals surface area (Å²) in [6.45, 7) is 1.86. The van der Waals surface area contributed by atoms with E-state index < -0.39 is 11.6 Å². The molecule has 0 fully saturated rings. The number of carbonyl (C=O) groups is 1. The first-order valence-corrected chi connectivity index (χ1v) is 7.22. The van der Waals surface area contributed by atoms with Gasteiger partial charge in [0.25, 0.3) is 5.91 Å². The summed E-state index contributed by atoms with van der Waals surface area (Å²) in [7, 11) is 1.52. The van der Waals surface area contributed by atoms with Crippen molar-refractivity contribution in [2.75, 3.05) is 19.0 Å². The van der Waals surface area contributed by atoms with Gasteiger partial charge in [0.1, 0.15) is 23.4 Å². The third kappa shape index (κ3) is 4.50. The van der Waals surface area contributed by atoms with Gasteiger partial charge >= 0.3 is 0 Å². The van der Waals surface area contributed by atoms with Gasteiger partial charge in [-0.2, -0.15) is 0 Å². The summed E-state index contributed by atoms with van der Waals surface area (Å²) in [6.07, 6.45) is 0. The molecule has 0 aliphatic heterocycles. The smallest absolute Gasteiger partial charge is 0.279 e. The van der Waals surface area contributed by atoms with E-state index in [0.29, 0.717) is 17.0 Å². The van der Waals surface area contributed by atoms with Gasteiger partial charge in [0.05, 0.1) is 12.8 Å². The molecular weight excluding hydrogens is 302 g/mol. The molecule has 6 heteroatoms. The number of quaternary nitrogens is 1. The van der Waals surface area contributed by atoms with Crippen LogP contribution in [0.4, 0.5) is 14.5 Å². The van der Waals surface area contributed by atoms with Gasteiger partial charge < -0.3 is 15.4 Å². The average Bonchev–Trinajstić information content (AvgIpc) is 2.53. The van der Waals surface area contributed by atoms with E-state index in [2.05, 4.69) is 5.32 Å². The van der Waals surface area contributed by atoms with Gasteiger partial charge in [0.2, 0.25) is 0 Å². The largest absolute Gasteiger partial charge is 0.495 e. The lowest BCUT2D eigenvalue weighted by atomic mass is 10.1. The SMILES string of the molecule is COc1ccccc1NC(=O)C[NH2+][C@H](C)c1ccc(F)cc1F. The van der Waals surface area contributed by atoms with Crippen molar-refractivity contribution in [1.29, 1.82) is 0 Å². The minimum Gasteiger partial charge on any atom is -0.495 e. The predicted octanol–water partition coefficient (Wildman–Crippen LogP) is 2.24. The topological polar surface area (TPSA) is 54.9 Å². The van der Waals surface area contributed by atoms with Crippen molar-refractivity contribution < 1.29 is 23.6 Å². The van der Waals surface area contributed by atoms with Crippen molar-refractivity contribution in [2.24, 2.45) is 0 Å². The van der Waals surface area contributed by atoms with E-state index in [1.54, 1.807) is 36.5 Å². The standard InChI is InChI=1S/C17H18F2N2O2/c1-11(13-8-7-12(18)9-14(13)19)20-10-17(22)21-15-5-3-4-6-16(15)23-2/h3-9,11,20H,10H2,1-2H3,(H,21,22)/p+1/t11-/m1/s1. The zero-order valence-electron chi connectivity index (χ0n) is 13.0. The lowest BCUT2D eigenvalue weighted by Gasteiger charge is -2.13. The third-order valence-corrected chi connectivity index (χ3v) is 3.49. The molecule has 4 nitrogen and oxygen atoms in total. The summed E-state index contributed by atoms with van der Waals surface area (Å²) < 4.78 is 31.8. The van der Waals surface area contributed by atoms with Gasteiger partial charge in [-0.05, 0) is 31.2 Å². The summed E-state index contributed by atoms with van der Waals surface area (Å²) in [5.74, 6) is -0.895. The lowest BCUT2D eigenvalue weighted by Crippen LogP contribution is -2.86. The van der Waals surface area contributed by atoms with Crippen molar-refractivity contribution >= 4 is 11.6 Å². The Morgan fingerprint density at radius 3 is 2.70 bits per heavy atom. The number of rotatable bonds is 6. The highest BCUT2D eigenvalue weighted by Gasteiger charge is 2.16. The second kappa shape index (κ2) is 7.69. The van der Waals surface area contributed by atoms with Crippen molar-refractivity contribution in [3.63, 3.8) is 0 Å². The molecule has 0 aliphatic rings. The normalized spacial score (nSPS) is 11.8. The highest BCUT2D eigenvalue weighted by atomic mass is 19.1. The molecule has 122 valence electrons. The molecule has 3 N–H and O–H groups in total. The number of nitrogens with two attached hydrogens (primary N) is 1. The van der Waals surface area contributed by atoms with E-state index >= 15 is 0 Å². The zero-order valence-corrected chi connectivity index (χ0v) is 13.0. The molecule has 0 aromatic heterocycles. The van der Waals surface area contributed by atoms with Crippen LogP contribution in [0, 0.1) is 11.6 Å². The van der Waals surface area contributed by atoms with Crippen LogP contribution in [0.5, 0.6) is 5.75 Å². The van der Waals surface area contributed by atoms with Crippen LogP contribution in [0.2, 0.25) is 0 Å². The maximum Gasteiger partial charge on any atom is 0.279 e. The molecule has 0 saturated heterocycles. The quantitative estimate of drug-likeness (QED) is 0.857. The lowest BCUT2D eigenvalue weighted by molar-refractivity contribution is -0.682. The third-order valence-electron chi connectivity index (χ3n) is 3.49.